The van der Waals surface area contributed by atoms with Crippen LogP contribution in [0.25, 0.3) is 0 Å². The molecule has 0 aliphatic carbocycles. The number of aryl methyl sites for hydroxylation is 1. The molecule has 0 radical (unpaired) electrons. The molecule has 1 aromatic rings. The highest BCUT2D eigenvalue weighted by Crippen LogP contribution is 2.26. The van der Waals surface area contributed by atoms with E-state index < -0.39 is 0 Å². The van der Waals surface area contributed by atoms with Crippen molar-refractivity contribution in [2.45, 2.75) is 32.1 Å². The van der Waals surface area contributed by atoms with Crippen LogP contribution in [0.4, 0.5) is 0 Å². The van der Waals surface area contributed by atoms with Crippen LogP contribution in [-0.2, 0) is 6.42 Å². The van der Waals surface area contributed by atoms with Crippen LogP contribution in [0.5, 0.6) is 0 Å². The molecule has 0 bridgehead atoms. The van der Waals surface area contributed by atoms with Crippen LogP contribution in [0.3, 0.4) is 0 Å². The van der Waals surface area contributed by atoms with Gasteiger partial charge in [-0.3, -0.25) is 0 Å². The van der Waals surface area contributed by atoms with Crippen LogP contribution < -0.4 is 0 Å². The maximum Gasteiger partial charge on any atom is 0.0628 e. The van der Waals surface area contributed by atoms with Gasteiger partial charge in [-0.2, -0.15) is 10.5 Å². The molecular formula is C13H14N2. The lowest BCUT2D eigenvalue weighted by Crippen LogP contribution is -2.01. The van der Waals surface area contributed by atoms with Gasteiger partial charge in [0, 0.05) is 18.8 Å². The second-order valence-electron chi connectivity index (χ2n) is 3.47. The third-order valence-electron chi connectivity index (χ3n) is 2.55. The number of hydrogen-bond acceptors (Lipinski definition) is 2. The molecule has 0 saturated heterocycles. The largest absolute Gasteiger partial charge is 0.198 e. The third kappa shape index (κ3) is 2.82. The molecule has 0 heterocycles. The van der Waals surface area contributed by atoms with Crippen molar-refractivity contribution >= 4 is 0 Å². The van der Waals surface area contributed by atoms with E-state index >= 15 is 0 Å². The summed E-state index contributed by atoms with van der Waals surface area (Å²) in [7, 11) is 0. The molecule has 0 N–H and O–H groups in total. The van der Waals surface area contributed by atoms with Gasteiger partial charge < -0.3 is 0 Å². The predicted octanol–water partition coefficient (Wildman–Crippen LogP) is 3.16. The minimum absolute atomic E-state index is 0.0659. The van der Waals surface area contributed by atoms with E-state index in [1.807, 2.05) is 18.2 Å². The van der Waals surface area contributed by atoms with E-state index in [4.69, 9.17) is 10.5 Å². The highest BCUT2D eigenvalue weighted by Gasteiger charge is 2.13. The summed E-state index contributed by atoms with van der Waals surface area (Å²) in [4.78, 5) is 0. The van der Waals surface area contributed by atoms with Crippen LogP contribution >= 0.6 is 0 Å². The summed E-state index contributed by atoms with van der Waals surface area (Å²) in [6, 6.07) is 12.4. The van der Waals surface area contributed by atoms with Crippen molar-refractivity contribution in [2.24, 2.45) is 0 Å². The fraction of sp³-hybridized carbons (Fsp3) is 0.385. The molecule has 2 nitrogen and oxygen atoms in total. The van der Waals surface area contributed by atoms with Crippen molar-refractivity contribution in [2.75, 3.05) is 0 Å². The molecule has 0 saturated carbocycles. The van der Waals surface area contributed by atoms with E-state index in [-0.39, 0.29) is 5.92 Å². The standard InChI is InChI=1S/C13H14N2/c1-2-11-5-3-4-6-13(11)12(7-9-14)8-10-15/h3-6,12H,2,7-8H2,1H3. The summed E-state index contributed by atoms with van der Waals surface area (Å²) in [6.45, 7) is 2.09. The van der Waals surface area contributed by atoms with E-state index in [1.54, 1.807) is 0 Å². The minimum Gasteiger partial charge on any atom is -0.198 e. The molecule has 0 amide bonds. The molecule has 2 heteroatoms. The molecule has 15 heavy (non-hydrogen) atoms. The summed E-state index contributed by atoms with van der Waals surface area (Å²) in [5, 5.41) is 17.5. The highest BCUT2D eigenvalue weighted by atomic mass is 14.3. The molecule has 1 rings (SSSR count). The number of hydrogen-bond donors (Lipinski definition) is 0. The zero-order valence-corrected chi connectivity index (χ0v) is 8.90. The third-order valence-corrected chi connectivity index (χ3v) is 2.55. The maximum absolute atomic E-state index is 8.73. The van der Waals surface area contributed by atoms with E-state index in [9.17, 15) is 0 Å². The summed E-state index contributed by atoms with van der Waals surface area (Å²) < 4.78 is 0. The van der Waals surface area contributed by atoms with Crippen molar-refractivity contribution < 1.29 is 0 Å². The second-order valence-corrected chi connectivity index (χ2v) is 3.47. The lowest BCUT2D eigenvalue weighted by atomic mass is 9.89. The Morgan fingerprint density at radius 2 is 1.73 bits per heavy atom. The normalized spacial score (nSPS) is 9.60. The number of rotatable bonds is 4. The van der Waals surface area contributed by atoms with Gasteiger partial charge in [-0.15, -0.1) is 0 Å². The molecule has 0 fully saturated rings. The van der Waals surface area contributed by atoms with Gasteiger partial charge in [0.05, 0.1) is 12.1 Å². The van der Waals surface area contributed by atoms with E-state index in [2.05, 4.69) is 25.1 Å². The average Bonchev–Trinajstić information content (AvgIpc) is 2.29. The Morgan fingerprint density at radius 3 is 2.27 bits per heavy atom. The van der Waals surface area contributed by atoms with Crippen molar-refractivity contribution in [1.29, 1.82) is 10.5 Å². The second kappa shape index (κ2) is 5.83. The van der Waals surface area contributed by atoms with Crippen LogP contribution in [0.2, 0.25) is 0 Å². The van der Waals surface area contributed by atoms with Gasteiger partial charge in [-0.25, -0.2) is 0 Å². The Balaban J connectivity index is 3.00. The molecular weight excluding hydrogens is 184 g/mol. The fourth-order valence-corrected chi connectivity index (χ4v) is 1.77. The van der Waals surface area contributed by atoms with Gasteiger partial charge in [0.25, 0.3) is 0 Å². The first kappa shape index (κ1) is 11.3. The van der Waals surface area contributed by atoms with Gasteiger partial charge in [0.2, 0.25) is 0 Å². The Hall–Kier alpha value is -1.80. The topological polar surface area (TPSA) is 47.6 Å². The molecule has 0 spiro atoms. The number of nitrogens with zero attached hydrogens (tertiary/aromatic N) is 2. The van der Waals surface area contributed by atoms with Crippen LogP contribution in [0.1, 0.15) is 36.8 Å². The SMILES string of the molecule is CCc1ccccc1C(CC#N)CC#N. The molecule has 0 aromatic heterocycles. The maximum atomic E-state index is 8.73. The number of benzene rings is 1. The first-order valence-electron chi connectivity index (χ1n) is 5.15. The van der Waals surface area contributed by atoms with Gasteiger partial charge in [0.1, 0.15) is 0 Å². The first-order chi connectivity index (χ1) is 7.33. The summed E-state index contributed by atoms with van der Waals surface area (Å²) in [5.41, 5.74) is 2.40. The van der Waals surface area contributed by atoms with Gasteiger partial charge in [0.15, 0.2) is 0 Å². The lowest BCUT2D eigenvalue weighted by Gasteiger charge is -2.14. The Kier molecular flexibility index (Phi) is 4.38. The van der Waals surface area contributed by atoms with Gasteiger partial charge in [-0.1, -0.05) is 31.2 Å². The van der Waals surface area contributed by atoms with E-state index in [0.29, 0.717) is 12.8 Å². The summed E-state index contributed by atoms with van der Waals surface area (Å²) in [5.74, 6) is 0.0659. The van der Waals surface area contributed by atoms with Crippen LogP contribution in [0, 0.1) is 22.7 Å². The highest BCUT2D eigenvalue weighted by molar-refractivity contribution is 5.31. The van der Waals surface area contributed by atoms with Crippen molar-refractivity contribution in [3.63, 3.8) is 0 Å². The molecule has 1 aromatic carbocycles. The smallest absolute Gasteiger partial charge is 0.0628 e. The Morgan fingerprint density at radius 1 is 1.13 bits per heavy atom. The molecule has 0 atom stereocenters. The molecule has 0 aliphatic rings. The molecule has 76 valence electrons. The first-order valence-corrected chi connectivity index (χ1v) is 5.15. The zero-order chi connectivity index (χ0) is 11.1. The Bertz CT molecular complexity index is 380. The number of nitriles is 2. The molecule has 0 unspecified atom stereocenters. The van der Waals surface area contributed by atoms with Crippen LogP contribution in [-0.4, -0.2) is 0 Å². The van der Waals surface area contributed by atoms with Crippen molar-refractivity contribution in [1.82, 2.24) is 0 Å². The Labute approximate surface area is 90.8 Å². The quantitative estimate of drug-likeness (QED) is 0.746. The lowest BCUT2D eigenvalue weighted by molar-refractivity contribution is 0.716. The van der Waals surface area contributed by atoms with Gasteiger partial charge >= 0.3 is 0 Å². The van der Waals surface area contributed by atoms with Crippen LogP contribution in [0.15, 0.2) is 24.3 Å². The average molecular weight is 198 g/mol. The molecule has 0 aliphatic heterocycles. The summed E-state index contributed by atoms with van der Waals surface area (Å²) >= 11 is 0. The van der Waals surface area contributed by atoms with Gasteiger partial charge in [-0.05, 0) is 17.5 Å². The van der Waals surface area contributed by atoms with E-state index in [1.165, 1.54) is 5.56 Å². The van der Waals surface area contributed by atoms with Crippen molar-refractivity contribution in [3.05, 3.63) is 35.4 Å². The predicted molar refractivity (Wildman–Crippen MR) is 59.0 cm³/mol. The fourth-order valence-electron chi connectivity index (χ4n) is 1.77. The van der Waals surface area contributed by atoms with Crippen molar-refractivity contribution in [3.8, 4) is 12.1 Å². The minimum atomic E-state index is 0.0659. The zero-order valence-electron chi connectivity index (χ0n) is 8.90. The summed E-state index contributed by atoms with van der Waals surface area (Å²) in [6.07, 6.45) is 1.79. The van der Waals surface area contributed by atoms with E-state index in [0.717, 1.165) is 12.0 Å². The monoisotopic (exact) mass is 198 g/mol.